The van der Waals surface area contributed by atoms with E-state index in [0.29, 0.717) is 11.5 Å². The van der Waals surface area contributed by atoms with E-state index in [1.807, 2.05) is 6.07 Å². The molecule has 1 aliphatic rings. The van der Waals surface area contributed by atoms with E-state index in [1.54, 1.807) is 24.3 Å². The highest BCUT2D eigenvalue weighted by Crippen LogP contribution is 2.41. The molecule has 5 heteroatoms. The maximum Gasteiger partial charge on any atom is 0.241 e. The number of sulfonamides is 1. The molecule has 0 heterocycles. The molecule has 2 rings (SSSR count). The van der Waals surface area contributed by atoms with Gasteiger partial charge in [0.05, 0.1) is 11.5 Å². The summed E-state index contributed by atoms with van der Waals surface area (Å²) in [6.45, 7) is 7.85. The highest BCUT2D eigenvalue weighted by atomic mass is 32.2. The third-order valence-corrected chi connectivity index (χ3v) is 5.33. The van der Waals surface area contributed by atoms with Crippen LogP contribution < -0.4 is 4.72 Å². The van der Waals surface area contributed by atoms with E-state index in [1.165, 1.54) is 0 Å². The summed E-state index contributed by atoms with van der Waals surface area (Å²) in [7, 11) is -3.41. The van der Waals surface area contributed by atoms with Gasteiger partial charge in [0.25, 0.3) is 0 Å². The Balaban J connectivity index is 1.80. The molecule has 0 unspecified atom stereocenters. The fraction of sp³-hybridized carbons (Fsp3) is 0.647. The Labute approximate surface area is 134 Å². The maximum absolute atomic E-state index is 12.4. The zero-order valence-corrected chi connectivity index (χ0v) is 14.6. The molecular formula is C17H27NO3S. The summed E-state index contributed by atoms with van der Waals surface area (Å²) in [5, 5.41) is 0. The maximum atomic E-state index is 12.4. The van der Waals surface area contributed by atoms with Crippen LogP contribution in [0.4, 0.5) is 0 Å². The molecule has 1 aliphatic carbocycles. The summed E-state index contributed by atoms with van der Waals surface area (Å²) in [5.74, 6) is 0. The van der Waals surface area contributed by atoms with Crippen LogP contribution in [-0.4, -0.2) is 27.2 Å². The molecule has 0 spiro atoms. The normalized spacial score (nSPS) is 17.4. The summed E-state index contributed by atoms with van der Waals surface area (Å²) < 4.78 is 33.3. The van der Waals surface area contributed by atoms with Gasteiger partial charge in [0.1, 0.15) is 0 Å². The molecular weight excluding hydrogens is 298 g/mol. The average molecular weight is 325 g/mol. The Hall–Kier alpha value is -0.910. The average Bonchev–Trinajstić information content (AvgIpc) is 3.17. The van der Waals surface area contributed by atoms with E-state index in [2.05, 4.69) is 25.5 Å². The van der Waals surface area contributed by atoms with Crippen LogP contribution in [0.2, 0.25) is 0 Å². The highest BCUT2D eigenvalue weighted by molar-refractivity contribution is 7.89. The summed E-state index contributed by atoms with van der Waals surface area (Å²) in [6, 6.07) is 8.57. The fourth-order valence-electron chi connectivity index (χ4n) is 2.39. The van der Waals surface area contributed by atoms with Gasteiger partial charge in [-0.05, 0) is 43.2 Å². The van der Waals surface area contributed by atoms with Crippen molar-refractivity contribution in [1.82, 2.24) is 4.72 Å². The molecule has 4 nitrogen and oxygen atoms in total. The van der Waals surface area contributed by atoms with Gasteiger partial charge in [0.2, 0.25) is 10.0 Å². The lowest BCUT2D eigenvalue weighted by atomic mass is 9.99. The minimum Gasteiger partial charge on any atom is -0.381 e. The van der Waals surface area contributed by atoms with Crippen molar-refractivity contribution in [3.63, 3.8) is 0 Å². The van der Waals surface area contributed by atoms with Crippen LogP contribution in [0, 0.1) is 5.41 Å². The number of hydrogen-bond donors (Lipinski definition) is 1. The smallest absolute Gasteiger partial charge is 0.241 e. The second-order valence-electron chi connectivity index (χ2n) is 7.42. The van der Waals surface area contributed by atoms with E-state index < -0.39 is 10.0 Å². The SMILES string of the molecule is CC(C)(C)COCCCC1(NS(=O)(=O)c2ccccc2)CC1. The third kappa shape index (κ3) is 5.38. The van der Waals surface area contributed by atoms with Gasteiger partial charge >= 0.3 is 0 Å². The Morgan fingerprint density at radius 3 is 2.36 bits per heavy atom. The lowest BCUT2D eigenvalue weighted by Crippen LogP contribution is -2.37. The number of ether oxygens (including phenoxy) is 1. The molecule has 1 fully saturated rings. The van der Waals surface area contributed by atoms with Gasteiger partial charge in [-0.25, -0.2) is 13.1 Å². The molecule has 0 aromatic heterocycles. The Kier molecular flexibility index (Phi) is 5.30. The van der Waals surface area contributed by atoms with Gasteiger partial charge in [-0.2, -0.15) is 0 Å². The van der Waals surface area contributed by atoms with Crippen molar-refractivity contribution in [3.05, 3.63) is 30.3 Å². The molecule has 124 valence electrons. The van der Waals surface area contributed by atoms with Gasteiger partial charge in [0, 0.05) is 12.1 Å². The van der Waals surface area contributed by atoms with E-state index in [0.717, 1.165) is 32.3 Å². The van der Waals surface area contributed by atoms with Crippen LogP contribution >= 0.6 is 0 Å². The van der Waals surface area contributed by atoms with E-state index in [9.17, 15) is 8.42 Å². The molecule has 1 N–H and O–H groups in total. The lowest BCUT2D eigenvalue weighted by Gasteiger charge is -2.20. The van der Waals surface area contributed by atoms with Crippen molar-refractivity contribution in [2.24, 2.45) is 5.41 Å². The molecule has 0 bridgehead atoms. The lowest BCUT2D eigenvalue weighted by molar-refractivity contribution is 0.0675. The van der Waals surface area contributed by atoms with Gasteiger partial charge in [-0.1, -0.05) is 39.0 Å². The summed E-state index contributed by atoms with van der Waals surface area (Å²) in [5.41, 5.74) is -0.0774. The first-order valence-corrected chi connectivity index (χ1v) is 9.38. The van der Waals surface area contributed by atoms with Gasteiger partial charge in [0.15, 0.2) is 0 Å². The van der Waals surface area contributed by atoms with Crippen LogP contribution in [0.5, 0.6) is 0 Å². The van der Waals surface area contributed by atoms with Crippen LogP contribution in [0.25, 0.3) is 0 Å². The van der Waals surface area contributed by atoms with Crippen molar-refractivity contribution in [1.29, 1.82) is 0 Å². The molecule has 0 amide bonds. The molecule has 1 aromatic carbocycles. The minimum atomic E-state index is -3.41. The Morgan fingerprint density at radius 2 is 1.82 bits per heavy atom. The largest absolute Gasteiger partial charge is 0.381 e. The van der Waals surface area contributed by atoms with Crippen molar-refractivity contribution in [3.8, 4) is 0 Å². The topological polar surface area (TPSA) is 55.4 Å². The van der Waals surface area contributed by atoms with E-state index >= 15 is 0 Å². The second kappa shape index (κ2) is 6.69. The quantitative estimate of drug-likeness (QED) is 0.746. The molecule has 22 heavy (non-hydrogen) atoms. The molecule has 0 saturated heterocycles. The van der Waals surface area contributed by atoms with Gasteiger partial charge in [-0.15, -0.1) is 0 Å². The minimum absolute atomic E-state index is 0.173. The predicted octanol–water partition coefficient (Wildman–Crippen LogP) is 3.34. The van der Waals surface area contributed by atoms with Gasteiger partial charge < -0.3 is 4.74 Å². The summed E-state index contributed by atoms with van der Waals surface area (Å²) in [4.78, 5) is 0.338. The molecule has 0 radical (unpaired) electrons. The van der Waals surface area contributed by atoms with E-state index in [-0.39, 0.29) is 11.0 Å². The van der Waals surface area contributed by atoms with Crippen molar-refractivity contribution in [2.75, 3.05) is 13.2 Å². The van der Waals surface area contributed by atoms with Crippen LogP contribution in [0.1, 0.15) is 46.5 Å². The van der Waals surface area contributed by atoms with Crippen molar-refractivity contribution in [2.45, 2.75) is 56.9 Å². The van der Waals surface area contributed by atoms with Crippen molar-refractivity contribution >= 4 is 10.0 Å². The first-order valence-electron chi connectivity index (χ1n) is 7.89. The second-order valence-corrected chi connectivity index (χ2v) is 9.10. The molecule has 0 atom stereocenters. The zero-order chi connectivity index (χ0) is 16.3. The Morgan fingerprint density at radius 1 is 1.18 bits per heavy atom. The van der Waals surface area contributed by atoms with E-state index in [4.69, 9.17) is 4.74 Å². The number of hydrogen-bond acceptors (Lipinski definition) is 3. The third-order valence-electron chi connectivity index (χ3n) is 3.74. The number of nitrogens with one attached hydrogen (secondary N) is 1. The molecule has 1 saturated carbocycles. The number of rotatable bonds is 8. The Bertz CT molecular complexity index is 572. The highest BCUT2D eigenvalue weighted by Gasteiger charge is 2.45. The zero-order valence-electron chi connectivity index (χ0n) is 13.8. The molecule has 0 aliphatic heterocycles. The monoisotopic (exact) mass is 325 g/mol. The predicted molar refractivity (Wildman–Crippen MR) is 88.2 cm³/mol. The summed E-state index contributed by atoms with van der Waals surface area (Å²) >= 11 is 0. The summed E-state index contributed by atoms with van der Waals surface area (Å²) in [6.07, 6.45) is 3.55. The first kappa shape index (κ1) is 17.4. The first-order chi connectivity index (χ1) is 10.2. The van der Waals surface area contributed by atoms with Crippen molar-refractivity contribution < 1.29 is 13.2 Å². The van der Waals surface area contributed by atoms with Crippen LogP contribution in [0.15, 0.2) is 35.2 Å². The standard InChI is InChI=1S/C17H27NO3S/c1-16(2,3)14-21-13-7-10-17(11-12-17)18-22(19,20)15-8-5-4-6-9-15/h4-6,8-9,18H,7,10-14H2,1-3H3. The van der Waals surface area contributed by atoms with Crippen LogP contribution in [-0.2, 0) is 14.8 Å². The molecule has 1 aromatic rings. The number of benzene rings is 1. The van der Waals surface area contributed by atoms with Crippen LogP contribution in [0.3, 0.4) is 0 Å². The van der Waals surface area contributed by atoms with Gasteiger partial charge in [-0.3, -0.25) is 0 Å². The fourth-order valence-corrected chi connectivity index (χ4v) is 3.90.